The minimum absolute atomic E-state index is 0.222. The van der Waals surface area contributed by atoms with E-state index in [4.69, 9.17) is 9.47 Å². The summed E-state index contributed by atoms with van der Waals surface area (Å²) in [5.41, 5.74) is 2.40. The van der Waals surface area contributed by atoms with Gasteiger partial charge in [0, 0.05) is 30.1 Å². The average molecular weight is 486 g/mol. The number of nitrogens with one attached hydrogen (secondary N) is 1. The Morgan fingerprint density at radius 2 is 1.82 bits per heavy atom. The Bertz CT molecular complexity index is 1230. The quantitative estimate of drug-likeness (QED) is 0.515. The maximum atomic E-state index is 12.7. The predicted octanol–water partition coefficient (Wildman–Crippen LogP) is 3.49. The summed E-state index contributed by atoms with van der Waals surface area (Å²) >= 11 is 1.33. The van der Waals surface area contributed by atoms with Crippen LogP contribution < -0.4 is 10.1 Å². The van der Waals surface area contributed by atoms with Crippen molar-refractivity contribution < 1.29 is 22.7 Å². The Hall–Kier alpha value is -3.05. The molecule has 0 spiro atoms. The zero-order valence-corrected chi connectivity index (χ0v) is 19.6. The second-order valence-electron chi connectivity index (χ2n) is 7.17. The van der Waals surface area contributed by atoms with Crippen LogP contribution in [0.25, 0.3) is 17.3 Å². The monoisotopic (exact) mass is 485 g/mol. The number of hydrogen-bond donors (Lipinski definition) is 1. The molecule has 0 radical (unpaired) electrons. The molecule has 172 valence electrons. The lowest BCUT2D eigenvalue weighted by Gasteiger charge is -2.26. The number of methoxy groups -OCH3 is 1. The van der Waals surface area contributed by atoms with Gasteiger partial charge in [-0.25, -0.2) is 13.4 Å². The molecule has 0 saturated carbocycles. The molecule has 1 aliphatic heterocycles. The van der Waals surface area contributed by atoms with Crippen LogP contribution in [0.1, 0.15) is 5.56 Å². The van der Waals surface area contributed by atoms with Crippen molar-refractivity contribution in [1.82, 2.24) is 9.29 Å². The van der Waals surface area contributed by atoms with E-state index in [0.29, 0.717) is 37.0 Å². The van der Waals surface area contributed by atoms with Crippen LogP contribution in [0.15, 0.2) is 64.9 Å². The molecule has 1 amide bonds. The summed E-state index contributed by atoms with van der Waals surface area (Å²) in [7, 11) is -1.93. The third-order valence-corrected chi connectivity index (χ3v) is 7.71. The number of thiazole rings is 1. The Kier molecular flexibility index (Phi) is 7.19. The van der Waals surface area contributed by atoms with Crippen molar-refractivity contribution in [2.75, 3.05) is 38.7 Å². The van der Waals surface area contributed by atoms with Crippen LogP contribution in [0.3, 0.4) is 0 Å². The number of benzene rings is 2. The molecule has 8 nitrogen and oxygen atoms in total. The highest BCUT2D eigenvalue weighted by atomic mass is 32.2. The minimum atomic E-state index is -3.54. The summed E-state index contributed by atoms with van der Waals surface area (Å²) in [5.74, 6) is 0.440. The van der Waals surface area contributed by atoms with Crippen molar-refractivity contribution >= 4 is 38.5 Å². The van der Waals surface area contributed by atoms with Gasteiger partial charge in [0.05, 0.1) is 30.9 Å². The molecule has 33 heavy (non-hydrogen) atoms. The summed E-state index contributed by atoms with van der Waals surface area (Å²) < 4.78 is 37.2. The van der Waals surface area contributed by atoms with Gasteiger partial charge in [0.15, 0.2) is 5.13 Å². The number of aromatic nitrogens is 1. The number of morpholine rings is 1. The van der Waals surface area contributed by atoms with Crippen molar-refractivity contribution in [3.05, 3.63) is 65.6 Å². The Morgan fingerprint density at radius 3 is 2.48 bits per heavy atom. The fourth-order valence-corrected chi connectivity index (χ4v) is 5.36. The first-order chi connectivity index (χ1) is 16.0. The summed E-state index contributed by atoms with van der Waals surface area (Å²) in [6.45, 7) is 1.49. The van der Waals surface area contributed by atoms with E-state index in [1.807, 2.05) is 29.6 Å². The summed E-state index contributed by atoms with van der Waals surface area (Å²) in [4.78, 5) is 17.0. The van der Waals surface area contributed by atoms with Gasteiger partial charge in [-0.3, -0.25) is 10.1 Å². The second-order valence-corrected chi connectivity index (χ2v) is 9.97. The molecule has 2 aromatic carbocycles. The predicted molar refractivity (Wildman–Crippen MR) is 128 cm³/mol. The van der Waals surface area contributed by atoms with Crippen LogP contribution in [0.4, 0.5) is 5.13 Å². The molecule has 1 saturated heterocycles. The molecular weight excluding hydrogens is 462 g/mol. The van der Waals surface area contributed by atoms with Crippen LogP contribution >= 0.6 is 11.3 Å². The molecule has 1 fully saturated rings. The number of amides is 1. The summed E-state index contributed by atoms with van der Waals surface area (Å²) in [6, 6.07) is 13.9. The fraction of sp³-hybridized carbons (Fsp3) is 0.217. The van der Waals surface area contributed by atoms with Gasteiger partial charge in [0.1, 0.15) is 5.75 Å². The van der Waals surface area contributed by atoms with E-state index in [1.54, 1.807) is 37.5 Å². The number of sulfonamides is 1. The van der Waals surface area contributed by atoms with Gasteiger partial charge in [-0.2, -0.15) is 4.31 Å². The molecule has 1 aliphatic rings. The molecule has 0 bridgehead atoms. The first-order valence-electron chi connectivity index (χ1n) is 10.2. The third-order valence-electron chi connectivity index (χ3n) is 5.04. The highest BCUT2D eigenvalue weighted by Gasteiger charge is 2.25. The molecule has 4 rings (SSSR count). The maximum absolute atomic E-state index is 12.7. The number of ether oxygens (including phenoxy) is 2. The number of anilines is 1. The molecule has 1 aromatic heterocycles. The highest BCUT2D eigenvalue weighted by molar-refractivity contribution is 7.89. The number of carbonyl (C=O) groups is 1. The van der Waals surface area contributed by atoms with Crippen LogP contribution in [-0.4, -0.2) is 57.0 Å². The molecule has 0 atom stereocenters. The van der Waals surface area contributed by atoms with E-state index in [9.17, 15) is 13.2 Å². The smallest absolute Gasteiger partial charge is 0.250 e. The topological polar surface area (TPSA) is 97.8 Å². The van der Waals surface area contributed by atoms with E-state index in [1.165, 1.54) is 21.7 Å². The van der Waals surface area contributed by atoms with Crippen molar-refractivity contribution in [1.29, 1.82) is 0 Å². The van der Waals surface area contributed by atoms with Gasteiger partial charge in [-0.1, -0.05) is 12.1 Å². The van der Waals surface area contributed by atoms with Crippen LogP contribution in [-0.2, 0) is 19.6 Å². The second kappa shape index (κ2) is 10.3. The van der Waals surface area contributed by atoms with Crippen LogP contribution in [0.2, 0.25) is 0 Å². The van der Waals surface area contributed by atoms with Crippen LogP contribution in [0, 0.1) is 0 Å². The van der Waals surface area contributed by atoms with Gasteiger partial charge in [-0.15, -0.1) is 11.3 Å². The average Bonchev–Trinajstić information content (AvgIpc) is 3.32. The van der Waals surface area contributed by atoms with Gasteiger partial charge >= 0.3 is 0 Å². The van der Waals surface area contributed by atoms with Crippen LogP contribution in [0.5, 0.6) is 5.75 Å². The normalized spacial score (nSPS) is 14.9. The van der Waals surface area contributed by atoms with Gasteiger partial charge in [-0.05, 0) is 48.0 Å². The molecule has 10 heteroatoms. The Labute approximate surface area is 196 Å². The van der Waals surface area contributed by atoms with Gasteiger partial charge in [0.25, 0.3) is 0 Å². The lowest BCUT2D eigenvalue weighted by atomic mass is 10.2. The van der Waals surface area contributed by atoms with Gasteiger partial charge < -0.3 is 9.47 Å². The molecule has 3 aromatic rings. The maximum Gasteiger partial charge on any atom is 0.250 e. The highest BCUT2D eigenvalue weighted by Crippen LogP contribution is 2.26. The summed E-state index contributed by atoms with van der Waals surface area (Å²) in [5, 5.41) is 5.10. The van der Waals surface area contributed by atoms with E-state index in [0.717, 1.165) is 17.0 Å². The first-order valence-corrected chi connectivity index (χ1v) is 12.5. The first kappa shape index (κ1) is 23.1. The lowest BCUT2D eigenvalue weighted by molar-refractivity contribution is -0.111. The largest absolute Gasteiger partial charge is 0.497 e. The number of hydrogen-bond acceptors (Lipinski definition) is 7. The molecular formula is C23H23N3O5S2. The zero-order valence-electron chi connectivity index (χ0n) is 17.9. The number of carbonyl (C=O) groups excluding carboxylic acids is 1. The molecule has 1 N–H and O–H groups in total. The third kappa shape index (κ3) is 5.66. The van der Waals surface area contributed by atoms with E-state index in [-0.39, 0.29) is 10.8 Å². The van der Waals surface area contributed by atoms with E-state index >= 15 is 0 Å². The SMILES string of the molecule is COc1ccc(-c2csc(NC(=O)C=Cc3ccc(S(=O)(=O)N4CCOCC4)cc3)n2)cc1. The van der Waals surface area contributed by atoms with Crippen molar-refractivity contribution in [2.24, 2.45) is 0 Å². The molecule has 0 unspecified atom stereocenters. The lowest BCUT2D eigenvalue weighted by Crippen LogP contribution is -2.40. The zero-order chi connectivity index (χ0) is 23.3. The minimum Gasteiger partial charge on any atom is -0.497 e. The fourth-order valence-electron chi connectivity index (χ4n) is 3.23. The van der Waals surface area contributed by atoms with Crippen molar-refractivity contribution in [3.8, 4) is 17.0 Å². The number of rotatable bonds is 7. The Balaban J connectivity index is 1.36. The van der Waals surface area contributed by atoms with Crippen molar-refractivity contribution in [3.63, 3.8) is 0 Å². The summed E-state index contributed by atoms with van der Waals surface area (Å²) in [6.07, 6.45) is 3.01. The van der Waals surface area contributed by atoms with Crippen molar-refractivity contribution in [2.45, 2.75) is 4.90 Å². The molecule has 0 aliphatic carbocycles. The number of nitrogens with zero attached hydrogens (tertiary/aromatic N) is 2. The standard InChI is InChI=1S/C23H23N3O5S2/c1-30-19-7-5-18(6-8-19)21-16-32-23(24-21)25-22(27)11-4-17-2-9-20(10-3-17)33(28,29)26-12-14-31-15-13-26/h2-11,16H,12-15H2,1H3,(H,24,25,27). The molecule has 2 heterocycles. The van der Waals surface area contributed by atoms with E-state index < -0.39 is 10.0 Å². The van der Waals surface area contributed by atoms with E-state index in [2.05, 4.69) is 10.3 Å². The Morgan fingerprint density at radius 1 is 1.12 bits per heavy atom. The van der Waals surface area contributed by atoms with Gasteiger partial charge in [0.2, 0.25) is 15.9 Å².